The molecule has 0 N–H and O–H groups in total. The number of carbonyl (C=O) groups excluding carboxylic acids is 2. The molecule has 1 saturated heterocycles. The molecule has 1 aliphatic rings. The maximum atomic E-state index is 13.0. The molecule has 3 unspecified atom stereocenters. The summed E-state index contributed by atoms with van der Waals surface area (Å²) in [6.45, 7) is 15.3. The van der Waals surface area contributed by atoms with Crippen molar-refractivity contribution in [1.29, 1.82) is 0 Å². The first-order chi connectivity index (χ1) is 16.2. The number of nitro benzene ring substituents is 1. The largest absolute Gasteiger partial charge is 0.465 e. The van der Waals surface area contributed by atoms with E-state index in [2.05, 4.69) is 33.9 Å². The molecule has 0 saturated carbocycles. The van der Waals surface area contributed by atoms with Crippen molar-refractivity contribution in [3.8, 4) is 0 Å². The summed E-state index contributed by atoms with van der Waals surface area (Å²) in [6, 6.07) is 5.78. The number of amides is 1. The van der Waals surface area contributed by atoms with Gasteiger partial charge in [0.15, 0.2) is 8.32 Å². The van der Waals surface area contributed by atoms with Gasteiger partial charge in [-0.15, -0.1) is 11.8 Å². The molecule has 2 rings (SSSR count). The van der Waals surface area contributed by atoms with Gasteiger partial charge in [-0.2, -0.15) is 0 Å². The predicted molar refractivity (Wildman–Crippen MR) is 139 cm³/mol. The smallest absolute Gasteiger partial charge is 0.410 e. The Morgan fingerprint density at radius 1 is 1.23 bits per heavy atom. The second-order valence-corrected chi connectivity index (χ2v) is 16.4. The van der Waals surface area contributed by atoms with Crippen LogP contribution in [0.3, 0.4) is 0 Å². The Balaban J connectivity index is 2.07. The number of rotatable bonds is 10. The van der Waals surface area contributed by atoms with Gasteiger partial charge in [-0.25, -0.2) is 4.79 Å². The summed E-state index contributed by atoms with van der Waals surface area (Å²) in [6.07, 6.45) is 0.104. The minimum atomic E-state index is -2.04. The lowest BCUT2D eigenvalue weighted by Gasteiger charge is -2.38. The van der Waals surface area contributed by atoms with E-state index in [-0.39, 0.29) is 40.7 Å². The Hall–Kier alpha value is -2.11. The average Bonchev–Trinajstić information content (AvgIpc) is 3.17. The third-order valence-corrected chi connectivity index (χ3v) is 12.3. The van der Waals surface area contributed by atoms with Gasteiger partial charge in [0.05, 0.1) is 22.9 Å². The molecule has 11 heteroatoms. The summed E-state index contributed by atoms with van der Waals surface area (Å²) >= 11 is 1.46. The lowest BCUT2D eigenvalue weighted by molar-refractivity contribution is -0.384. The SMILES string of the molecule is CCOC(=O)C(C)SCC1CC(O[Si](C)(C)C(C)(C)C)CN1C(=O)OCc1ccc([N+](=O)[O-])cc1. The van der Waals surface area contributed by atoms with Crippen LogP contribution in [0.15, 0.2) is 24.3 Å². The predicted octanol–water partition coefficient (Wildman–Crippen LogP) is 5.38. The first-order valence-corrected chi connectivity index (χ1v) is 15.8. The van der Waals surface area contributed by atoms with Gasteiger partial charge in [0.25, 0.3) is 5.69 Å². The number of non-ortho nitro benzene ring substituents is 1. The maximum Gasteiger partial charge on any atom is 0.410 e. The fourth-order valence-corrected chi connectivity index (χ4v) is 5.85. The fraction of sp³-hybridized carbons (Fsp3) is 0.667. The summed E-state index contributed by atoms with van der Waals surface area (Å²) in [7, 11) is -2.04. The Kier molecular flexibility index (Phi) is 10.2. The zero-order chi connectivity index (χ0) is 26.4. The molecule has 35 heavy (non-hydrogen) atoms. The minimum absolute atomic E-state index is 0.0141. The van der Waals surface area contributed by atoms with Gasteiger partial charge in [0.1, 0.15) is 6.61 Å². The highest BCUT2D eigenvalue weighted by atomic mass is 32.2. The van der Waals surface area contributed by atoms with Crippen molar-refractivity contribution in [1.82, 2.24) is 4.90 Å². The first-order valence-electron chi connectivity index (χ1n) is 11.9. The lowest BCUT2D eigenvalue weighted by Crippen LogP contribution is -2.44. The van der Waals surface area contributed by atoms with Crippen LogP contribution in [0, 0.1) is 10.1 Å². The molecule has 1 fully saturated rings. The standard InChI is InChI=1S/C24H38N2O7SSi/c1-8-31-22(27)17(2)34-16-20-13-21(33-35(6,7)24(3,4)5)14-25(20)23(28)32-15-18-9-11-19(12-10-18)26(29)30/h9-12,17,20-21H,8,13-16H2,1-7H3. The topological polar surface area (TPSA) is 108 Å². The molecule has 1 aromatic rings. The first kappa shape index (κ1) is 29.1. The number of benzene rings is 1. The van der Waals surface area contributed by atoms with E-state index in [9.17, 15) is 19.7 Å². The van der Waals surface area contributed by atoms with Crippen molar-refractivity contribution in [2.24, 2.45) is 0 Å². The molecule has 1 amide bonds. The number of likely N-dealkylation sites (tertiary alicyclic amines) is 1. The zero-order valence-corrected chi connectivity index (χ0v) is 23.6. The van der Waals surface area contributed by atoms with E-state index >= 15 is 0 Å². The molecular weight excluding hydrogens is 488 g/mol. The number of ether oxygens (including phenoxy) is 2. The average molecular weight is 527 g/mol. The highest BCUT2D eigenvalue weighted by Crippen LogP contribution is 2.39. The number of nitro groups is 1. The van der Waals surface area contributed by atoms with Crippen molar-refractivity contribution < 1.29 is 28.4 Å². The van der Waals surface area contributed by atoms with Gasteiger partial charge < -0.3 is 18.8 Å². The molecule has 0 spiro atoms. The number of esters is 1. The summed E-state index contributed by atoms with van der Waals surface area (Å²) in [5.74, 6) is 0.293. The second kappa shape index (κ2) is 12.2. The van der Waals surface area contributed by atoms with Crippen LogP contribution in [-0.2, 0) is 25.3 Å². The Bertz CT molecular complexity index is 889. The van der Waals surface area contributed by atoms with Crippen LogP contribution in [0.2, 0.25) is 18.1 Å². The third-order valence-electron chi connectivity index (χ3n) is 6.54. The van der Waals surface area contributed by atoms with Crippen LogP contribution in [0.4, 0.5) is 10.5 Å². The van der Waals surface area contributed by atoms with E-state index < -0.39 is 19.3 Å². The van der Waals surface area contributed by atoms with Crippen LogP contribution in [0.25, 0.3) is 0 Å². The summed E-state index contributed by atoms with van der Waals surface area (Å²) in [5.41, 5.74) is 0.650. The van der Waals surface area contributed by atoms with E-state index in [0.29, 0.717) is 30.9 Å². The van der Waals surface area contributed by atoms with Gasteiger partial charge >= 0.3 is 12.1 Å². The van der Waals surface area contributed by atoms with Gasteiger partial charge in [-0.3, -0.25) is 14.9 Å². The molecule has 196 valence electrons. The van der Waals surface area contributed by atoms with Crippen LogP contribution in [0.1, 0.15) is 46.6 Å². The summed E-state index contributed by atoms with van der Waals surface area (Å²) in [4.78, 5) is 37.1. The third kappa shape index (κ3) is 8.21. The molecule has 0 bridgehead atoms. The van der Waals surface area contributed by atoms with Crippen LogP contribution in [-0.4, -0.2) is 66.5 Å². The highest BCUT2D eigenvalue weighted by molar-refractivity contribution is 8.00. The second-order valence-electron chi connectivity index (χ2n) is 10.2. The Labute approximate surface area is 213 Å². The van der Waals surface area contributed by atoms with Crippen molar-refractivity contribution in [3.05, 3.63) is 39.9 Å². The van der Waals surface area contributed by atoms with Crippen molar-refractivity contribution in [2.75, 3.05) is 18.9 Å². The van der Waals surface area contributed by atoms with Crippen LogP contribution >= 0.6 is 11.8 Å². The van der Waals surface area contributed by atoms with E-state index in [1.165, 1.54) is 23.9 Å². The molecule has 1 aliphatic heterocycles. The van der Waals surface area contributed by atoms with Crippen LogP contribution in [0.5, 0.6) is 0 Å². The summed E-state index contributed by atoms with van der Waals surface area (Å²) in [5, 5.41) is 10.5. The molecule has 0 radical (unpaired) electrons. The number of nitrogens with zero attached hydrogens (tertiary/aromatic N) is 2. The van der Waals surface area contributed by atoms with Gasteiger partial charge in [-0.05, 0) is 56.1 Å². The van der Waals surface area contributed by atoms with Crippen molar-refractivity contribution in [3.63, 3.8) is 0 Å². The van der Waals surface area contributed by atoms with Gasteiger partial charge in [0.2, 0.25) is 0 Å². The molecule has 1 aromatic carbocycles. The lowest BCUT2D eigenvalue weighted by atomic mass is 10.2. The monoisotopic (exact) mass is 526 g/mol. The number of thioether (sulfide) groups is 1. The molecule has 9 nitrogen and oxygen atoms in total. The molecule has 0 aromatic heterocycles. The maximum absolute atomic E-state index is 13.0. The van der Waals surface area contributed by atoms with Gasteiger partial charge in [0, 0.05) is 30.5 Å². The number of hydrogen-bond donors (Lipinski definition) is 0. The minimum Gasteiger partial charge on any atom is -0.465 e. The quantitative estimate of drug-likeness (QED) is 0.173. The van der Waals surface area contributed by atoms with E-state index in [1.54, 1.807) is 30.9 Å². The summed E-state index contributed by atoms with van der Waals surface area (Å²) < 4.78 is 17.2. The molecule has 3 atom stereocenters. The van der Waals surface area contributed by atoms with Crippen molar-refractivity contribution in [2.45, 2.75) is 83.2 Å². The molecule has 0 aliphatic carbocycles. The van der Waals surface area contributed by atoms with Crippen LogP contribution < -0.4 is 0 Å². The normalized spacial score (nSPS) is 19.3. The Morgan fingerprint density at radius 3 is 2.40 bits per heavy atom. The van der Waals surface area contributed by atoms with E-state index in [4.69, 9.17) is 13.9 Å². The fourth-order valence-electron chi connectivity index (χ4n) is 3.46. The molecule has 1 heterocycles. The number of hydrogen-bond acceptors (Lipinski definition) is 8. The van der Waals surface area contributed by atoms with E-state index in [0.717, 1.165) is 0 Å². The Morgan fingerprint density at radius 2 is 1.86 bits per heavy atom. The number of carbonyl (C=O) groups is 2. The highest BCUT2D eigenvalue weighted by Gasteiger charge is 2.44. The van der Waals surface area contributed by atoms with Crippen molar-refractivity contribution >= 4 is 37.8 Å². The molecular formula is C24H38N2O7SSi. The zero-order valence-electron chi connectivity index (χ0n) is 21.7. The van der Waals surface area contributed by atoms with E-state index in [1.807, 2.05) is 0 Å². The van der Waals surface area contributed by atoms with Gasteiger partial charge in [-0.1, -0.05) is 20.8 Å².